The van der Waals surface area contributed by atoms with Gasteiger partial charge in [0.05, 0.1) is 11.3 Å². The molecule has 1 unspecified atom stereocenters. The molecule has 23 heavy (non-hydrogen) atoms. The molecule has 1 aliphatic heterocycles. The van der Waals surface area contributed by atoms with Crippen molar-refractivity contribution >= 4 is 11.9 Å². The highest BCUT2D eigenvalue weighted by atomic mass is 16.5. The lowest BCUT2D eigenvalue weighted by atomic mass is 9.85. The van der Waals surface area contributed by atoms with E-state index in [0.29, 0.717) is 13.2 Å². The van der Waals surface area contributed by atoms with Crippen LogP contribution in [0, 0.1) is 11.8 Å². The summed E-state index contributed by atoms with van der Waals surface area (Å²) in [6, 6.07) is 9.75. The molecule has 2 aliphatic rings. The summed E-state index contributed by atoms with van der Waals surface area (Å²) in [4.78, 5) is 24.2. The molecular formula is C18H23NO4. The Hall–Kier alpha value is -1.88. The number of nitrogens with one attached hydrogen (secondary N) is 1. The number of carboxylic acid groups (broad SMARTS) is 1. The molecule has 0 aromatic heterocycles. The normalized spacial score (nSPS) is 21.4. The molecule has 0 spiro atoms. The van der Waals surface area contributed by atoms with Gasteiger partial charge in [-0.1, -0.05) is 30.3 Å². The zero-order valence-electron chi connectivity index (χ0n) is 13.2. The number of hydrogen-bond acceptors (Lipinski definition) is 3. The highest BCUT2D eigenvalue weighted by Crippen LogP contribution is 2.48. The minimum Gasteiger partial charge on any atom is -0.481 e. The summed E-state index contributed by atoms with van der Waals surface area (Å²) in [5.74, 6) is -1.33. The molecule has 3 rings (SSSR count). The van der Waals surface area contributed by atoms with Gasteiger partial charge in [0.2, 0.25) is 5.91 Å². The molecule has 1 amide bonds. The molecule has 1 saturated heterocycles. The molecule has 1 atom stereocenters. The maximum Gasteiger partial charge on any atom is 0.308 e. The van der Waals surface area contributed by atoms with E-state index in [-0.39, 0.29) is 18.4 Å². The van der Waals surface area contributed by atoms with Crippen LogP contribution in [0.4, 0.5) is 0 Å². The Morgan fingerprint density at radius 3 is 2.43 bits per heavy atom. The van der Waals surface area contributed by atoms with E-state index in [1.165, 1.54) is 0 Å². The highest BCUT2D eigenvalue weighted by Gasteiger charge is 2.51. The van der Waals surface area contributed by atoms with Gasteiger partial charge >= 0.3 is 5.97 Å². The molecule has 1 aliphatic carbocycles. The van der Waals surface area contributed by atoms with Crippen LogP contribution in [0.3, 0.4) is 0 Å². The average molecular weight is 317 g/mol. The Bertz CT molecular complexity index is 562. The number of aliphatic carboxylic acids is 1. The van der Waals surface area contributed by atoms with E-state index in [2.05, 4.69) is 5.32 Å². The summed E-state index contributed by atoms with van der Waals surface area (Å²) in [7, 11) is 0. The summed E-state index contributed by atoms with van der Waals surface area (Å²) in [6.45, 7) is 1.42. The third-order valence-electron chi connectivity index (χ3n) is 5.15. The van der Waals surface area contributed by atoms with Crippen LogP contribution < -0.4 is 5.32 Å². The Kier molecular flexibility index (Phi) is 4.66. The van der Waals surface area contributed by atoms with Crippen molar-refractivity contribution in [1.82, 2.24) is 5.32 Å². The van der Waals surface area contributed by atoms with Crippen LogP contribution in [0.5, 0.6) is 0 Å². The summed E-state index contributed by atoms with van der Waals surface area (Å²) in [5, 5.41) is 12.4. The maximum atomic E-state index is 12.6. The van der Waals surface area contributed by atoms with Gasteiger partial charge in [0, 0.05) is 19.8 Å². The maximum absolute atomic E-state index is 12.6. The number of rotatable bonds is 6. The fraction of sp³-hybridized carbons (Fsp3) is 0.556. The van der Waals surface area contributed by atoms with Crippen LogP contribution in [-0.4, -0.2) is 36.7 Å². The number of carboxylic acids is 1. The fourth-order valence-corrected chi connectivity index (χ4v) is 3.47. The first-order valence-electron chi connectivity index (χ1n) is 8.28. The van der Waals surface area contributed by atoms with Crippen molar-refractivity contribution < 1.29 is 19.4 Å². The molecule has 0 radical (unpaired) electrons. The van der Waals surface area contributed by atoms with Crippen molar-refractivity contribution in [3.63, 3.8) is 0 Å². The molecule has 2 fully saturated rings. The third-order valence-corrected chi connectivity index (χ3v) is 5.15. The Morgan fingerprint density at radius 2 is 1.87 bits per heavy atom. The largest absolute Gasteiger partial charge is 0.481 e. The lowest BCUT2D eigenvalue weighted by Gasteiger charge is -2.28. The zero-order chi connectivity index (χ0) is 16.3. The predicted molar refractivity (Wildman–Crippen MR) is 85.0 cm³/mol. The lowest BCUT2D eigenvalue weighted by Crippen LogP contribution is -2.42. The average Bonchev–Trinajstić information content (AvgIpc) is 3.38. The lowest BCUT2D eigenvalue weighted by molar-refractivity contribution is -0.145. The monoisotopic (exact) mass is 317 g/mol. The predicted octanol–water partition coefficient (Wildman–Crippen LogP) is 1.96. The van der Waals surface area contributed by atoms with Crippen LogP contribution in [-0.2, 0) is 19.7 Å². The molecule has 5 nitrogen and oxygen atoms in total. The molecule has 124 valence electrons. The second kappa shape index (κ2) is 6.71. The molecule has 1 aromatic carbocycles. The van der Waals surface area contributed by atoms with Gasteiger partial charge < -0.3 is 15.2 Å². The molecule has 5 heteroatoms. The second-order valence-electron chi connectivity index (χ2n) is 6.55. The van der Waals surface area contributed by atoms with Gasteiger partial charge in [-0.2, -0.15) is 0 Å². The standard InChI is InChI=1S/C18H23NO4/c20-16(21)15(13-6-10-23-11-7-13)12-19-17(22)18(8-9-18)14-4-2-1-3-5-14/h1-5,13,15H,6-12H2,(H,19,22)(H,20,21). The number of carbonyl (C=O) groups is 2. The Labute approximate surface area is 136 Å². The van der Waals surface area contributed by atoms with Gasteiger partial charge in [0.25, 0.3) is 0 Å². The summed E-state index contributed by atoms with van der Waals surface area (Å²) in [5.41, 5.74) is 0.579. The fourth-order valence-electron chi connectivity index (χ4n) is 3.47. The molecular weight excluding hydrogens is 294 g/mol. The Balaban J connectivity index is 1.62. The summed E-state index contributed by atoms with van der Waals surface area (Å²) < 4.78 is 5.30. The summed E-state index contributed by atoms with van der Waals surface area (Å²) >= 11 is 0. The van der Waals surface area contributed by atoms with Gasteiger partial charge in [0.1, 0.15) is 0 Å². The van der Waals surface area contributed by atoms with E-state index in [9.17, 15) is 14.7 Å². The molecule has 1 heterocycles. The van der Waals surface area contributed by atoms with Gasteiger partial charge in [-0.15, -0.1) is 0 Å². The van der Waals surface area contributed by atoms with Crippen LogP contribution in [0.2, 0.25) is 0 Å². The van der Waals surface area contributed by atoms with Crippen molar-refractivity contribution in [3.8, 4) is 0 Å². The van der Waals surface area contributed by atoms with E-state index < -0.39 is 17.3 Å². The topological polar surface area (TPSA) is 75.6 Å². The number of carbonyl (C=O) groups excluding carboxylic acids is 1. The second-order valence-corrected chi connectivity index (χ2v) is 6.55. The highest BCUT2D eigenvalue weighted by molar-refractivity contribution is 5.91. The van der Waals surface area contributed by atoms with Crippen LogP contribution >= 0.6 is 0 Å². The first kappa shape index (κ1) is 16.0. The van der Waals surface area contributed by atoms with Gasteiger partial charge in [0.15, 0.2) is 0 Å². The van der Waals surface area contributed by atoms with E-state index in [4.69, 9.17) is 4.74 Å². The van der Waals surface area contributed by atoms with E-state index in [0.717, 1.165) is 31.2 Å². The minimum atomic E-state index is -0.832. The van der Waals surface area contributed by atoms with Crippen LogP contribution in [0.1, 0.15) is 31.2 Å². The number of amides is 1. The first-order chi connectivity index (χ1) is 11.1. The van der Waals surface area contributed by atoms with Crippen LogP contribution in [0.15, 0.2) is 30.3 Å². The number of ether oxygens (including phenoxy) is 1. The van der Waals surface area contributed by atoms with Crippen molar-refractivity contribution in [3.05, 3.63) is 35.9 Å². The summed E-state index contributed by atoms with van der Waals surface area (Å²) in [6.07, 6.45) is 3.16. The van der Waals surface area contributed by atoms with Crippen LogP contribution in [0.25, 0.3) is 0 Å². The first-order valence-corrected chi connectivity index (χ1v) is 8.28. The molecule has 1 saturated carbocycles. The van der Waals surface area contributed by atoms with Crippen molar-refractivity contribution in [2.45, 2.75) is 31.1 Å². The minimum absolute atomic E-state index is 0.0398. The number of benzene rings is 1. The Morgan fingerprint density at radius 1 is 1.22 bits per heavy atom. The molecule has 1 aromatic rings. The zero-order valence-corrected chi connectivity index (χ0v) is 13.2. The van der Waals surface area contributed by atoms with Crippen molar-refractivity contribution in [2.75, 3.05) is 19.8 Å². The number of hydrogen-bond donors (Lipinski definition) is 2. The third kappa shape index (κ3) is 3.39. The molecule has 0 bridgehead atoms. The SMILES string of the molecule is O=C(O)C(CNC(=O)C1(c2ccccc2)CC1)C1CCOCC1. The quantitative estimate of drug-likeness (QED) is 0.841. The van der Waals surface area contributed by atoms with E-state index in [1.807, 2.05) is 30.3 Å². The van der Waals surface area contributed by atoms with E-state index in [1.54, 1.807) is 0 Å². The smallest absolute Gasteiger partial charge is 0.308 e. The van der Waals surface area contributed by atoms with Gasteiger partial charge in [-0.25, -0.2) is 0 Å². The van der Waals surface area contributed by atoms with Crippen molar-refractivity contribution in [1.29, 1.82) is 0 Å². The van der Waals surface area contributed by atoms with Gasteiger partial charge in [-0.3, -0.25) is 9.59 Å². The van der Waals surface area contributed by atoms with E-state index >= 15 is 0 Å². The van der Waals surface area contributed by atoms with Gasteiger partial charge in [-0.05, 0) is 37.2 Å². The van der Waals surface area contributed by atoms with Crippen molar-refractivity contribution in [2.24, 2.45) is 11.8 Å². The molecule has 2 N–H and O–H groups in total.